The minimum absolute atomic E-state index is 0.0743. The Morgan fingerprint density at radius 2 is 2.04 bits per heavy atom. The van der Waals surface area contributed by atoms with Crippen molar-refractivity contribution in [3.05, 3.63) is 57.8 Å². The van der Waals surface area contributed by atoms with E-state index in [-0.39, 0.29) is 18.2 Å². The van der Waals surface area contributed by atoms with Crippen molar-refractivity contribution >= 4 is 5.91 Å². The average Bonchev–Trinajstić information content (AvgIpc) is 2.55. The third-order valence-corrected chi connectivity index (χ3v) is 3.65. The summed E-state index contributed by atoms with van der Waals surface area (Å²) >= 11 is 0. The van der Waals surface area contributed by atoms with Gasteiger partial charge in [-0.1, -0.05) is 19.1 Å². The normalized spacial score (nSPS) is 11.8. The number of carbonyl (C=O) groups is 1. The molecule has 2 aromatic rings. The number of nitrogens with zero attached hydrogens (tertiary/aromatic N) is 1. The maximum atomic E-state index is 12.1. The number of aryl methyl sites for hydroxylation is 1. The molecule has 0 bridgehead atoms. The number of aromatic nitrogens is 2. The van der Waals surface area contributed by atoms with Crippen molar-refractivity contribution in [2.45, 2.75) is 32.7 Å². The fourth-order valence-electron chi connectivity index (χ4n) is 2.36. The molecule has 0 aliphatic rings. The largest absolute Gasteiger partial charge is 0.497 e. The molecule has 122 valence electrons. The van der Waals surface area contributed by atoms with Crippen LogP contribution in [0.4, 0.5) is 0 Å². The topological polar surface area (TPSA) is 84.1 Å². The lowest BCUT2D eigenvalue weighted by atomic mass is 10.00. The second kappa shape index (κ2) is 7.58. The summed E-state index contributed by atoms with van der Waals surface area (Å²) in [6.45, 7) is 4.21. The van der Waals surface area contributed by atoms with E-state index in [4.69, 9.17) is 4.74 Å². The van der Waals surface area contributed by atoms with Gasteiger partial charge in [-0.05, 0) is 30.2 Å². The molecular weight excluding hydrogens is 294 g/mol. The second-order valence-electron chi connectivity index (χ2n) is 5.50. The summed E-state index contributed by atoms with van der Waals surface area (Å²) < 4.78 is 5.09. The molecule has 2 rings (SSSR count). The van der Waals surface area contributed by atoms with Crippen molar-refractivity contribution in [1.29, 1.82) is 0 Å². The highest BCUT2D eigenvalue weighted by Crippen LogP contribution is 2.18. The minimum atomic E-state index is -0.393. The third-order valence-electron chi connectivity index (χ3n) is 3.65. The van der Waals surface area contributed by atoms with E-state index in [0.29, 0.717) is 12.2 Å². The maximum Gasteiger partial charge on any atom is 0.345 e. The van der Waals surface area contributed by atoms with Gasteiger partial charge in [-0.15, -0.1) is 0 Å². The summed E-state index contributed by atoms with van der Waals surface area (Å²) in [6.07, 6.45) is 1.91. The first-order chi connectivity index (χ1) is 11.0. The third kappa shape index (κ3) is 4.67. The first-order valence-corrected chi connectivity index (χ1v) is 7.45. The lowest BCUT2D eigenvalue weighted by Crippen LogP contribution is -2.25. The number of benzene rings is 1. The van der Waals surface area contributed by atoms with Crippen molar-refractivity contribution in [2.75, 3.05) is 7.11 Å². The van der Waals surface area contributed by atoms with E-state index in [1.165, 1.54) is 0 Å². The Bertz CT molecular complexity index is 723. The molecule has 0 spiro atoms. The number of hydrogen-bond donors (Lipinski definition) is 2. The van der Waals surface area contributed by atoms with Crippen LogP contribution in [0.2, 0.25) is 0 Å². The highest BCUT2D eigenvalue weighted by atomic mass is 16.5. The number of ether oxygens (including phenoxy) is 1. The standard InChI is InChI=1S/C17H21N3O3/c1-11(16-12(2)9-19-17(22)20-16)8-15(21)18-10-13-4-6-14(23-3)7-5-13/h4-7,9,11H,8,10H2,1-3H3,(H,18,21)(H,19,20,22)/t11-/m0/s1. The number of nitrogens with one attached hydrogen (secondary N) is 2. The Morgan fingerprint density at radius 3 is 2.70 bits per heavy atom. The summed E-state index contributed by atoms with van der Waals surface area (Å²) in [7, 11) is 1.61. The number of amides is 1. The zero-order valence-electron chi connectivity index (χ0n) is 13.6. The molecule has 6 nitrogen and oxygen atoms in total. The van der Waals surface area contributed by atoms with Crippen LogP contribution in [0.1, 0.15) is 36.1 Å². The molecule has 0 aliphatic heterocycles. The van der Waals surface area contributed by atoms with E-state index in [0.717, 1.165) is 16.9 Å². The van der Waals surface area contributed by atoms with Crippen LogP contribution in [0.15, 0.2) is 35.3 Å². The average molecular weight is 315 g/mol. The van der Waals surface area contributed by atoms with Gasteiger partial charge in [0.1, 0.15) is 5.75 Å². The van der Waals surface area contributed by atoms with E-state index in [1.54, 1.807) is 13.3 Å². The van der Waals surface area contributed by atoms with Gasteiger partial charge in [-0.3, -0.25) is 4.79 Å². The van der Waals surface area contributed by atoms with Crippen LogP contribution < -0.4 is 15.7 Å². The van der Waals surface area contributed by atoms with Gasteiger partial charge in [-0.2, -0.15) is 4.98 Å². The van der Waals surface area contributed by atoms with Gasteiger partial charge in [0.05, 0.1) is 12.8 Å². The molecular formula is C17H21N3O3. The number of aromatic amines is 1. The highest BCUT2D eigenvalue weighted by molar-refractivity contribution is 5.76. The number of hydrogen-bond acceptors (Lipinski definition) is 4. The first-order valence-electron chi connectivity index (χ1n) is 7.45. The Balaban J connectivity index is 1.90. The van der Waals surface area contributed by atoms with Crippen molar-refractivity contribution in [2.24, 2.45) is 0 Å². The maximum absolute atomic E-state index is 12.1. The summed E-state index contributed by atoms with van der Waals surface area (Å²) in [5.41, 5.74) is 2.14. The van der Waals surface area contributed by atoms with Gasteiger partial charge in [0.25, 0.3) is 0 Å². The van der Waals surface area contributed by atoms with Gasteiger partial charge in [-0.25, -0.2) is 4.79 Å². The monoisotopic (exact) mass is 315 g/mol. The molecule has 2 N–H and O–H groups in total. The lowest BCUT2D eigenvalue weighted by Gasteiger charge is -2.13. The van der Waals surface area contributed by atoms with Gasteiger partial charge >= 0.3 is 5.69 Å². The van der Waals surface area contributed by atoms with Crippen LogP contribution >= 0.6 is 0 Å². The van der Waals surface area contributed by atoms with Crippen LogP contribution in [-0.2, 0) is 11.3 Å². The summed E-state index contributed by atoms with van der Waals surface area (Å²) in [6, 6.07) is 7.53. The van der Waals surface area contributed by atoms with Crippen LogP contribution in [0.3, 0.4) is 0 Å². The van der Waals surface area contributed by atoms with E-state index in [9.17, 15) is 9.59 Å². The van der Waals surface area contributed by atoms with Gasteiger partial charge in [0, 0.05) is 25.1 Å². The smallest absolute Gasteiger partial charge is 0.345 e. The molecule has 0 fully saturated rings. The molecule has 1 aromatic carbocycles. The van der Waals surface area contributed by atoms with E-state index >= 15 is 0 Å². The van der Waals surface area contributed by atoms with Gasteiger partial charge in [0.2, 0.25) is 5.91 Å². The Morgan fingerprint density at radius 1 is 1.35 bits per heavy atom. The van der Waals surface area contributed by atoms with Crippen LogP contribution in [0.5, 0.6) is 5.75 Å². The van der Waals surface area contributed by atoms with Crippen molar-refractivity contribution in [3.8, 4) is 5.75 Å². The summed E-state index contributed by atoms with van der Waals surface area (Å²) in [5.74, 6) is 0.590. The Labute approximate surface area is 134 Å². The first kappa shape index (κ1) is 16.7. The Hall–Kier alpha value is -2.63. The molecule has 0 aliphatic carbocycles. The molecule has 1 aromatic heterocycles. The number of H-pyrrole nitrogens is 1. The molecule has 0 unspecified atom stereocenters. The second-order valence-corrected chi connectivity index (χ2v) is 5.50. The Kier molecular flexibility index (Phi) is 5.51. The highest BCUT2D eigenvalue weighted by Gasteiger charge is 2.15. The van der Waals surface area contributed by atoms with E-state index < -0.39 is 5.69 Å². The molecule has 0 saturated heterocycles. The van der Waals surface area contributed by atoms with Crippen LogP contribution in [0, 0.1) is 6.92 Å². The van der Waals surface area contributed by atoms with Crippen molar-refractivity contribution in [3.63, 3.8) is 0 Å². The van der Waals surface area contributed by atoms with E-state index in [1.807, 2.05) is 38.1 Å². The number of methoxy groups -OCH3 is 1. The summed E-state index contributed by atoms with van der Waals surface area (Å²) in [5, 5.41) is 2.88. The molecule has 6 heteroatoms. The molecule has 23 heavy (non-hydrogen) atoms. The SMILES string of the molecule is COc1ccc(CNC(=O)C[C@H](C)c2nc(=O)[nH]cc2C)cc1. The molecule has 1 atom stereocenters. The van der Waals surface area contributed by atoms with Gasteiger partial charge < -0.3 is 15.0 Å². The molecule has 1 heterocycles. The van der Waals surface area contributed by atoms with Crippen molar-refractivity contribution in [1.82, 2.24) is 15.3 Å². The zero-order chi connectivity index (χ0) is 16.8. The van der Waals surface area contributed by atoms with Crippen LogP contribution in [-0.4, -0.2) is 23.0 Å². The molecule has 1 amide bonds. The van der Waals surface area contributed by atoms with E-state index in [2.05, 4.69) is 15.3 Å². The number of carbonyl (C=O) groups excluding carboxylic acids is 1. The van der Waals surface area contributed by atoms with Crippen LogP contribution in [0.25, 0.3) is 0 Å². The summed E-state index contributed by atoms with van der Waals surface area (Å²) in [4.78, 5) is 29.9. The quantitative estimate of drug-likeness (QED) is 0.852. The predicted molar refractivity (Wildman–Crippen MR) is 87.5 cm³/mol. The molecule has 0 saturated carbocycles. The molecule has 0 radical (unpaired) electrons. The minimum Gasteiger partial charge on any atom is -0.497 e. The zero-order valence-corrected chi connectivity index (χ0v) is 13.6. The predicted octanol–water partition coefficient (Wildman–Crippen LogP) is 1.90. The van der Waals surface area contributed by atoms with Crippen molar-refractivity contribution < 1.29 is 9.53 Å². The lowest BCUT2D eigenvalue weighted by molar-refractivity contribution is -0.121. The number of rotatable bonds is 6. The van der Waals surface area contributed by atoms with Gasteiger partial charge in [0.15, 0.2) is 0 Å². The fraction of sp³-hybridized carbons (Fsp3) is 0.353. The fourth-order valence-corrected chi connectivity index (χ4v) is 2.36.